The number of benzene rings is 9. The van der Waals surface area contributed by atoms with Crippen LogP contribution in [0.5, 0.6) is 0 Å². The highest BCUT2D eigenvalue weighted by molar-refractivity contribution is 6.21. The first-order chi connectivity index (χ1) is 28.4. The molecule has 11 rings (SSSR count). The van der Waals surface area contributed by atoms with Gasteiger partial charge in [-0.2, -0.15) is 0 Å². The lowest BCUT2D eigenvalue weighted by atomic mass is 10.0. The molecule has 278 valence electrons. The first-order valence-electron chi connectivity index (χ1n) is 19.9. The molecular formula is C54H40N2O2. The van der Waals surface area contributed by atoms with E-state index in [-0.39, 0.29) is 0 Å². The number of hydrogen-bond donors (Lipinski definition) is 0. The van der Waals surface area contributed by atoms with E-state index in [4.69, 9.17) is 8.83 Å². The quantitative estimate of drug-likeness (QED) is 0.170. The summed E-state index contributed by atoms with van der Waals surface area (Å²) in [4.78, 5) is 4.72. The van der Waals surface area contributed by atoms with Gasteiger partial charge < -0.3 is 18.6 Å². The van der Waals surface area contributed by atoms with Crippen molar-refractivity contribution in [2.75, 3.05) is 9.80 Å². The van der Waals surface area contributed by atoms with E-state index in [0.717, 1.165) is 88.2 Å². The molecule has 0 saturated carbocycles. The normalized spacial score (nSPS) is 11.8. The number of aryl methyl sites for hydroxylation is 4. The number of furan rings is 2. The third-order valence-corrected chi connectivity index (χ3v) is 11.8. The van der Waals surface area contributed by atoms with Gasteiger partial charge in [-0.05, 0) is 156 Å². The summed E-state index contributed by atoms with van der Waals surface area (Å²) in [6.07, 6.45) is 0. The van der Waals surface area contributed by atoms with Crippen LogP contribution in [0.1, 0.15) is 22.3 Å². The van der Waals surface area contributed by atoms with E-state index in [9.17, 15) is 0 Å². The number of fused-ring (bicyclic) bond motifs is 9. The molecule has 0 aliphatic carbocycles. The van der Waals surface area contributed by atoms with Gasteiger partial charge in [0.05, 0.1) is 11.4 Å². The van der Waals surface area contributed by atoms with Gasteiger partial charge in [0.1, 0.15) is 11.2 Å². The average Bonchev–Trinajstić information content (AvgIpc) is 3.79. The third-order valence-electron chi connectivity index (χ3n) is 11.8. The second-order valence-corrected chi connectivity index (χ2v) is 15.6. The molecule has 2 aromatic heterocycles. The maximum atomic E-state index is 6.77. The zero-order valence-electron chi connectivity index (χ0n) is 32.9. The lowest BCUT2D eigenvalue weighted by Crippen LogP contribution is -2.12. The van der Waals surface area contributed by atoms with Gasteiger partial charge in [0.2, 0.25) is 0 Å². The predicted octanol–water partition coefficient (Wildman–Crippen LogP) is 16.0. The Hall–Kier alpha value is -7.30. The number of rotatable bonds is 6. The van der Waals surface area contributed by atoms with E-state index < -0.39 is 0 Å². The molecule has 0 aliphatic rings. The van der Waals surface area contributed by atoms with Crippen molar-refractivity contribution in [2.24, 2.45) is 0 Å². The maximum Gasteiger partial charge on any atom is 0.178 e. The van der Waals surface area contributed by atoms with Crippen LogP contribution < -0.4 is 9.80 Å². The summed E-state index contributed by atoms with van der Waals surface area (Å²) in [5.41, 5.74) is 15.0. The fraction of sp³-hybridized carbons (Fsp3) is 0.0741. The zero-order valence-corrected chi connectivity index (χ0v) is 32.9. The number of nitrogens with zero attached hydrogens (tertiary/aromatic N) is 2. The van der Waals surface area contributed by atoms with Gasteiger partial charge in [-0.15, -0.1) is 0 Å². The van der Waals surface area contributed by atoms with Gasteiger partial charge >= 0.3 is 0 Å². The lowest BCUT2D eigenvalue weighted by Gasteiger charge is -2.29. The van der Waals surface area contributed by atoms with Crippen molar-refractivity contribution in [3.05, 3.63) is 192 Å². The molecule has 0 N–H and O–H groups in total. The summed E-state index contributed by atoms with van der Waals surface area (Å²) in [5, 5.41) is 8.80. The minimum atomic E-state index is 0.774. The van der Waals surface area contributed by atoms with Crippen molar-refractivity contribution in [3.8, 4) is 0 Å². The van der Waals surface area contributed by atoms with Crippen LogP contribution in [0, 0.1) is 27.7 Å². The third kappa shape index (κ3) is 5.37. The first-order valence-corrected chi connectivity index (χ1v) is 19.9. The largest absolute Gasteiger partial charge is 0.452 e. The average molecular weight is 749 g/mol. The fourth-order valence-electron chi connectivity index (χ4n) is 9.09. The first kappa shape index (κ1) is 34.0. The second kappa shape index (κ2) is 13.1. The minimum absolute atomic E-state index is 0.774. The Labute approximate surface area is 336 Å². The van der Waals surface area contributed by atoms with Crippen molar-refractivity contribution in [1.82, 2.24) is 0 Å². The van der Waals surface area contributed by atoms with Crippen molar-refractivity contribution < 1.29 is 8.83 Å². The Morgan fingerprint density at radius 3 is 1.10 bits per heavy atom. The van der Waals surface area contributed by atoms with Crippen LogP contribution >= 0.6 is 0 Å². The van der Waals surface area contributed by atoms with Gasteiger partial charge in [-0.25, -0.2) is 0 Å². The SMILES string of the molecule is Cc1cccc(C)c1N(c1ccccc1)c1ccc2cc3c(cc2c1)oc1c3ccc2c3cc4ccc(N(c5ccccc5)c5c(C)cccc5C)cc4cc3oc21. The summed E-state index contributed by atoms with van der Waals surface area (Å²) < 4.78 is 13.5. The molecule has 0 aliphatic heterocycles. The van der Waals surface area contributed by atoms with Crippen molar-refractivity contribution in [2.45, 2.75) is 27.7 Å². The molecule has 0 bridgehead atoms. The molecular weight excluding hydrogens is 709 g/mol. The molecule has 9 aromatic carbocycles. The summed E-state index contributed by atoms with van der Waals surface area (Å²) in [6, 6.07) is 60.9. The zero-order chi connectivity index (χ0) is 39.1. The number of para-hydroxylation sites is 4. The fourth-order valence-corrected chi connectivity index (χ4v) is 9.09. The Kier molecular flexibility index (Phi) is 7.70. The van der Waals surface area contributed by atoms with Gasteiger partial charge in [0.15, 0.2) is 11.2 Å². The van der Waals surface area contributed by atoms with Crippen molar-refractivity contribution in [1.29, 1.82) is 0 Å². The molecule has 2 heterocycles. The Bertz CT molecular complexity index is 3130. The molecule has 58 heavy (non-hydrogen) atoms. The van der Waals surface area contributed by atoms with Crippen LogP contribution in [-0.2, 0) is 0 Å². The van der Waals surface area contributed by atoms with Crippen molar-refractivity contribution >= 4 is 99.5 Å². The van der Waals surface area contributed by atoms with Crippen molar-refractivity contribution in [3.63, 3.8) is 0 Å². The number of anilines is 6. The van der Waals surface area contributed by atoms with Gasteiger partial charge in [-0.1, -0.05) is 84.9 Å². The minimum Gasteiger partial charge on any atom is -0.452 e. The molecule has 0 unspecified atom stereocenters. The van der Waals surface area contributed by atoms with E-state index in [1.807, 2.05) is 0 Å². The summed E-state index contributed by atoms with van der Waals surface area (Å²) in [6.45, 7) is 8.73. The van der Waals surface area contributed by atoms with E-state index in [0.29, 0.717) is 0 Å². The molecule has 11 aromatic rings. The van der Waals surface area contributed by atoms with Crippen LogP contribution in [0.25, 0.3) is 65.4 Å². The standard InChI is InChI=1S/C54H40N2O2/c1-33-13-11-14-34(2)51(33)55(41-17-7-5-8-18-41)43-23-21-37-29-47-45-25-26-46-48-30-38-22-24-44(56(42-19-9-6-10-20-42)52-35(3)15-12-16-36(52)4)28-40(38)32-50(48)58-54(46)53(45)57-49(47)31-39(37)27-43/h5-32H,1-4H3. The van der Waals surface area contributed by atoms with Crippen LogP contribution in [-0.4, -0.2) is 0 Å². The van der Waals surface area contributed by atoms with Crippen LogP contribution in [0.3, 0.4) is 0 Å². The Balaban J connectivity index is 1.04. The van der Waals surface area contributed by atoms with E-state index in [1.54, 1.807) is 0 Å². The monoisotopic (exact) mass is 748 g/mol. The van der Waals surface area contributed by atoms with Gasteiger partial charge in [0, 0.05) is 44.3 Å². The highest BCUT2D eigenvalue weighted by atomic mass is 16.4. The molecule has 4 heteroatoms. The van der Waals surface area contributed by atoms with Gasteiger partial charge in [0.25, 0.3) is 0 Å². The van der Waals surface area contributed by atoms with E-state index in [1.165, 1.54) is 33.6 Å². The predicted molar refractivity (Wildman–Crippen MR) is 244 cm³/mol. The molecule has 0 fully saturated rings. The molecule has 4 nitrogen and oxygen atoms in total. The lowest BCUT2D eigenvalue weighted by molar-refractivity contribution is 0.634. The second-order valence-electron chi connectivity index (χ2n) is 15.6. The molecule has 0 saturated heterocycles. The Morgan fingerprint density at radius 1 is 0.310 bits per heavy atom. The molecule has 0 radical (unpaired) electrons. The van der Waals surface area contributed by atoms with Gasteiger partial charge in [-0.3, -0.25) is 0 Å². The maximum absolute atomic E-state index is 6.77. The van der Waals surface area contributed by atoms with Crippen LogP contribution in [0.2, 0.25) is 0 Å². The summed E-state index contributed by atoms with van der Waals surface area (Å²) >= 11 is 0. The molecule has 0 spiro atoms. The van der Waals surface area contributed by atoms with Crippen LogP contribution in [0.15, 0.2) is 179 Å². The molecule has 0 amide bonds. The summed E-state index contributed by atoms with van der Waals surface area (Å²) in [5.74, 6) is 0. The highest BCUT2D eigenvalue weighted by Gasteiger charge is 2.21. The molecule has 0 atom stereocenters. The number of hydrogen-bond acceptors (Lipinski definition) is 4. The summed E-state index contributed by atoms with van der Waals surface area (Å²) in [7, 11) is 0. The topological polar surface area (TPSA) is 32.8 Å². The van der Waals surface area contributed by atoms with Crippen LogP contribution in [0.4, 0.5) is 34.1 Å². The Morgan fingerprint density at radius 2 is 0.707 bits per heavy atom. The smallest absolute Gasteiger partial charge is 0.178 e. The van der Waals surface area contributed by atoms with E-state index >= 15 is 0 Å². The highest BCUT2D eigenvalue weighted by Crippen LogP contribution is 2.45. The van der Waals surface area contributed by atoms with E-state index in [2.05, 4.69) is 207 Å².